The average molecular weight is 360 g/mol. The second-order valence-corrected chi connectivity index (χ2v) is 7.79. The molecule has 0 radical (unpaired) electrons. The molecule has 4 heteroatoms. The summed E-state index contributed by atoms with van der Waals surface area (Å²) < 4.78 is 5.99. The molecule has 2 aliphatic rings. The zero-order valence-electron chi connectivity index (χ0n) is 15.4. The first-order valence-electron chi connectivity index (χ1n) is 10.0. The van der Waals surface area contributed by atoms with Gasteiger partial charge in [-0.3, -0.25) is 4.79 Å². The van der Waals surface area contributed by atoms with Gasteiger partial charge in [0.05, 0.1) is 11.8 Å². The van der Waals surface area contributed by atoms with Gasteiger partial charge in [-0.15, -0.1) is 0 Å². The standard InChI is InChI=1S/C23H24N2O2/c26-23(19-11-5-8-16-7-1-2-10-18(16)19)25-14-6-9-17(15-25)22-24-20-12-3-4-13-21(20)27-22/h1-4,7,10,12-13,17,19H,5-6,8-9,11,14-15H2. The summed E-state index contributed by atoms with van der Waals surface area (Å²) in [4.78, 5) is 20.1. The first-order valence-corrected chi connectivity index (χ1v) is 10.0. The Morgan fingerprint density at radius 2 is 1.89 bits per heavy atom. The highest BCUT2D eigenvalue weighted by Gasteiger charge is 2.34. The molecule has 2 aromatic carbocycles. The molecule has 1 aromatic heterocycles. The van der Waals surface area contributed by atoms with Crippen LogP contribution in [-0.4, -0.2) is 28.9 Å². The highest BCUT2D eigenvalue weighted by molar-refractivity contribution is 5.84. The van der Waals surface area contributed by atoms with E-state index in [1.54, 1.807) is 0 Å². The van der Waals surface area contributed by atoms with Gasteiger partial charge in [-0.25, -0.2) is 4.98 Å². The molecular formula is C23H24N2O2. The second-order valence-electron chi connectivity index (χ2n) is 7.79. The monoisotopic (exact) mass is 360 g/mol. The van der Waals surface area contributed by atoms with Gasteiger partial charge in [0.25, 0.3) is 0 Å². The van der Waals surface area contributed by atoms with Crippen LogP contribution in [0, 0.1) is 0 Å². The molecule has 2 heterocycles. The van der Waals surface area contributed by atoms with Crippen LogP contribution >= 0.6 is 0 Å². The van der Waals surface area contributed by atoms with Crippen LogP contribution in [0.3, 0.4) is 0 Å². The van der Waals surface area contributed by atoms with E-state index in [1.165, 1.54) is 11.1 Å². The van der Waals surface area contributed by atoms with Gasteiger partial charge in [0, 0.05) is 13.1 Å². The topological polar surface area (TPSA) is 46.3 Å². The van der Waals surface area contributed by atoms with E-state index in [0.717, 1.165) is 55.6 Å². The number of para-hydroxylation sites is 2. The van der Waals surface area contributed by atoms with Crippen molar-refractivity contribution in [3.05, 3.63) is 65.5 Å². The second kappa shape index (κ2) is 6.84. The van der Waals surface area contributed by atoms with E-state index in [9.17, 15) is 4.79 Å². The average Bonchev–Trinajstić information content (AvgIpc) is 3.17. The van der Waals surface area contributed by atoms with Crippen molar-refractivity contribution >= 4 is 17.0 Å². The smallest absolute Gasteiger partial charge is 0.230 e. The lowest BCUT2D eigenvalue weighted by atomic mass is 9.81. The maximum Gasteiger partial charge on any atom is 0.230 e. The third kappa shape index (κ3) is 3.03. The van der Waals surface area contributed by atoms with E-state index >= 15 is 0 Å². The van der Waals surface area contributed by atoms with E-state index < -0.39 is 0 Å². The molecule has 0 N–H and O–H groups in total. The Balaban J connectivity index is 1.37. The molecule has 0 saturated carbocycles. The SMILES string of the molecule is O=C(C1CCCc2ccccc21)N1CCCC(c2nc3ccccc3o2)C1. The maximum atomic E-state index is 13.3. The van der Waals surface area contributed by atoms with Crippen LogP contribution in [0.2, 0.25) is 0 Å². The highest BCUT2D eigenvalue weighted by atomic mass is 16.3. The molecule has 3 aromatic rings. The zero-order valence-corrected chi connectivity index (χ0v) is 15.4. The van der Waals surface area contributed by atoms with E-state index in [0.29, 0.717) is 6.54 Å². The Labute approximate surface area is 159 Å². The number of hydrogen-bond donors (Lipinski definition) is 0. The number of likely N-dealkylation sites (tertiary alicyclic amines) is 1. The van der Waals surface area contributed by atoms with Gasteiger partial charge in [0.2, 0.25) is 5.91 Å². The fourth-order valence-electron chi connectivity index (χ4n) is 4.67. The molecule has 1 saturated heterocycles. The number of benzene rings is 2. The number of carbonyl (C=O) groups excluding carboxylic acids is 1. The molecule has 0 bridgehead atoms. The van der Waals surface area contributed by atoms with Crippen molar-refractivity contribution < 1.29 is 9.21 Å². The van der Waals surface area contributed by atoms with E-state index in [-0.39, 0.29) is 17.7 Å². The lowest BCUT2D eigenvalue weighted by Gasteiger charge is -2.35. The Morgan fingerprint density at radius 3 is 2.81 bits per heavy atom. The summed E-state index contributed by atoms with van der Waals surface area (Å²) in [5, 5.41) is 0. The molecule has 2 unspecified atom stereocenters. The van der Waals surface area contributed by atoms with Crippen LogP contribution in [0.4, 0.5) is 0 Å². The summed E-state index contributed by atoms with van der Waals surface area (Å²) >= 11 is 0. The van der Waals surface area contributed by atoms with Gasteiger partial charge < -0.3 is 9.32 Å². The van der Waals surface area contributed by atoms with Crippen LogP contribution in [-0.2, 0) is 11.2 Å². The lowest BCUT2D eigenvalue weighted by Crippen LogP contribution is -2.42. The Hall–Kier alpha value is -2.62. The zero-order chi connectivity index (χ0) is 18.2. The van der Waals surface area contributed by atoms with Gasteiger partial charge in [0.1, 0.15) is 5.52 Å². The highest BCUT2D eigenvalue weighted by Crippen LogP contribution is 2.35. The summed E-state index contributed by atoms with van der Waals surface area (Å²) in [6.45, 7) is 1.55. The number of nitrogens with zero attached hydrogens (tertiary/aromatic N) is 2. The summed E-state index contributed by atoms with van der Waals surface area (Å²) in [5.74, 6) is 1.26. The van der Waals surface area contributed by atoms with Crippen molar-refractivity contribution in [3.63, 3.8) is 0 Å². The van der Waals surface area contributed by atoms with Crippen molar-refractivity contribution in [1.29, 1.82) is 0 Å². The number of aromatic nitrogens is 1. The molecule has 1 aliphatic heterocycles. The van der Waals surface area contributed by atoms with Crippen molar-refractivity contribution in [1.82, 2.24) is 9.88 Å². The summed E-state index contributed by atoms with van der Waals surface area (Å²) in [6.07, 6.45) is 5.17. The van der Waals surface area contributed by atoms with Crippen molar-refractivity contribution in [3.8, 4) is 0 Å². The first kappa shape index (κ1) is 16.5. The largest absolute Gasteiger partial charge is 0.440 e. The number of hydrogen-bond acceptors (Lipinski definition) is 3. The van der Waals surface area contributed by atoms with Crippen molar-refractivity contribution in [2.45, 2.75) is 43.9 Å². The van der Waals surface area contributed by atoms with Crippen LogP contribution in [0.5, 0.6) is 0 Å². The minimum absolute atomic E-state index is 0.0114. The third-order valence-electron chi connectivity index (χ3n) is 6.06. The van der Waals surface area contributed by atoms with Gasteiger partial charge in [-0.05, 0) is 55.4 Å². The van der Waals surface area contributed by atoms with Crippen LogP contribution in [0.25, 0.3) is 11.1 Å². The minimum Gasteiger partial charge on any atom is -0.440 e. The fraction of sp³-hybridized carbons (Fsp3) is 0.391. The number of rotatable bonds is 2. The van der Waals surface area contributed by atoms with E-state index in [4.69, 9.17) is 4.42 Å². The molecule has 1 aliphatic carbocycles. The fourth-order valence-corrected chi connectivity index (χ4v) is 4.67. The van der Waals surface area contributed by atoms with Gasteiger partial charge in [-0.2, -0.15) is 0 Å². The molecular weight excluding hydrogens is 336 g/mol. The molecule has 2 atom stereocenters. The molecule has 138 valence electrons. The molecule has 5 rings (SSSR count). The normalized spacial score (nSPS) is 22.6. The number of fused-ring (bicyclic) bond motifs is 2. The minimum atomic E-state index is 0.0114. The van der Waals surface area contributed by atoms with Crippen LogP contribution in [0.15, 0.2) is 52.9 Å². The Kier molecular flexibility index (Phi) is 4.19. The number of piperidine rings is 1. The maximum absolute atomic E-state index is 13.3. The molecule has 4 nitrogen and oxygen atoms in total. The molecule has 0 spiro atoms. The predicted octanol–water partition coefficient (Wildman–Crippen LogP) is 4.65. The van der Waals surface area contributed by atoms with Gasteiger partial charge in [-0.1, -0.05) is 36.4 Å². The van der Waals surface area contributed by atoms with Gasteiger partial charge in [0.15, 0.2) is 11.5 Å². The van der Waals surface area contributed by atoms with Crippen molar-refractivity contribution in [2.24, 2.45) is 0 Å². The molecule has 27 heavy (non-hydrogen) atoms. The summed E-state index contributed by atoms with van der Waals surface area (Å²) in [5.41, 5.74) is 4.31. The van der Waals surface area contributed by atoms with Crippen LogP contribution < -0.4 is 0 Å². The molecule has 1 fully saturated rings. The summed E-state index contributed by atoms with van der Waals surface area (Å²) in [6, 6.07) is 16.3. The number of aryl methyl sites for hydroxylation is 1. The van der Waals surface area contributed by atoms with Crippen molar-refractivity contribution in [2.75, 3.05) is 13.1 Å². The quantitative estimate of drug-likeness (QED) is 0.668. The summed E-state index contributed by atoms with van der Waals surface area (Å²) in [7, 11) is 0. The Morgan fingerprint density at radius 1 is 1.04 bits per heavy atom. The van der Waals surface area contributed by atoms with Crippen LogP contribution in [0.1, 0.15) is 54.5 Å². The number of carbonyl (C=O) groups is 1. The third-order valence-corrected chi connectivity index (χ3v) is 6.06. The predicted molar refractivity (Wildman–Crippen MR) is 105 cm³/mol. The van der Waals surface area contributed by atoms with E-state index in [1.807, 2.05) is 24.3 Å². The lowest BCUT2D eigenvalue weighted by molar-refractivity contribution is -0.134. The number of amides is 1. The Bertz CT molecular complexity index is 944. The first-order chi connectivity index (χ1) is 13.3. The molecule has 1 amide bonds. The van der Waals surface area contributed by atoms with E-state index in [2.05, 4.69) is 34.1 Å². The van der Waals surface area contributed by atoms with Gasteiger partial charge >= 0.3 is 0 Å². The number of oxazole rings is 1.